The summed E-state index contributed by atoms with van der Waals surface area (Å²) in [5, 5.41) is 0. The van der Waals surface area contributed by atoms with Crippen LogP contribution in [0.2, 0.25) is 0 Å². The molecule has 1 rings (SSSR count). The lowest BCUT2D eigenvalue weighted by molar-refractivity contribution is 0.0296. The molecule has 0 aromatic heterocycles. The normalized spacial score (nSPS) is 11.4. The van der Waals surface area contributed by atoms with Crippen molar-refractivity contribution in [3.05, 3.63) is 30.3 Å². The van der Waals surface area contributed by atoms with Crippen molar-refractivity contribution in [2.45, 2.75) is 39.9 Å². The Bertz CT molecular complexity index is 224. The van der Waals surface area contributed by atoms with Gasteiger partial charge < -0.3 is 9.16 Å². The Morgan fingerprint density at radius 1 is 1.13 bits per heavy atom. The quantitative estimate of drug-likeness (QED) is 0.580. The molecule has 2 nitrogen and oxygen atoms in total. The fourth-order valence-corrected chi connectivity index (χ4v) is 0.835. The van der Waals surface area contributed by atoms with Crippen molar-refractivity contribution >= 4 is 10.5 Å². The zero-order valence-corrected chi connectivity index (χ0v) is 12.2. The van der Waals surface area contributed by atoms with Crippen LogP contribution in [0.5, 0.6) is 5.75 Å². The highest BCUT2D eigenvalue weighted by molar-refractivity contribution is 5.98. The fraction of sp³-hybridized carbons (Fsp3) is 0.500. The van der Waals surface area contributed by atoms with E-state index in [-0.39, 0.29) is 6.29 Å². The van der Waals surface area contributed by atoms with Crippen LogP contribution in [0.1, 0.15) is 33.6 Å². The third-order valence-electron chi connectivity index (χ3n) is 1.88. The lowest BCUT2D eigenvalue weighted by atomic mass is 10.3. The predicted octanol–water partition coefficient (Wildman–Crippen LogP) is 2.51. The molecule has 15 heavy (non-hydrogen) atoms. The van der Waals surface area contributed by atoms with Crippen LogP contribution in [0.3, 0.4) is 0 Å². The maximum absolute atomic E-state index is 5.38. The maximum Gasteiger partial charge on any atom is 0.187 e. The van der Waals surface area contributed by atoms with Crippen LogP contribution in [0.25, 0.3) is 0 Å². The Hall–Kier alpha value is -0.803. The van der Waals surface area contributed by atoms with Gasteiger partial charge in [-0.2, -0.15) is 0 Å². The minimum absolute atomic E-state index is 0.121. The van der Waals surface area contributed by atoms with E-state index in [9.17, 15) is 0 Å². The van der Waals surface area contributed by atoms with E-state index in [1.165, 1.54) is 12.8 Å². The van der Waals surface area contributed by atoms with Crippen LogP contribution >= 0.6 is 0 Å². The summed E-state index contributed by atoms with van der Waals surface area (Å²) in [6.07, 6.45) is 2.52. The largest absolute Gasteiger partial charge is 0.466 e. The second kappa shape index (κ2) is 9.74. The van der Waals surface area contributed by atoms with Gasteiger partial charge in [0.25, 0.3) is 0 Å². The van der Waals surface area contributed by atoms with Gasteiger partial charge in [0.1, 0.15) is 5.75 Å². The van der Waals surface area contributed by atoms with E-state index < -0.39 is 0 Å². The summed E-state index contributed by atoms with van der Waals surface area (Å²) in [4.78, 5) is 0. The average Bonchev–Trinajstić information content (AvgIpc) is 2.30. The summed E-state index contributed by atoms with van der Waals surface area (Å²) in [5.74, 6) is 0.857. The van der Waals surface area contributed by atoms with Crippen molar-refractivity contribution in [2.24, 2.45) is 0 Å². The van der Waals surface area contributed by atoms with Gasteiger partial charge >= 0.3 is 0 Å². The molecular formula is C12H22O2Si. The molecule has 0 bridgehead atoms. The van der Waals surface area contributed by atoms with Crippen molar-refractivity contribution in [2.75, 3.05) is 0 Å². The molecule has 0 aliphatic heterocycles. The molecular weight excluding hydrogens is 204 g/mol. The van der Waals surface area contributed by atoms with Gasteiger partial charge in [0.2, 0.25) is 0 Å². The first kappa shape index (κ1) is 14.2. The van der Waals surface area contributed by atoms with Crippen molar-refractivity contribution in [3.63, 3.8) is 0 Å². The fourth-order valence-electron chi connectivity index (χ4n) is 0.739. The topological polar surface area (TPSA) is 18.5 Å². The standard InChI is InChI=1S/C8H12O2Si.C4H10/c1-7(10-11)9-8-5-3-2-4-6-8;1-3-4-2/h2-7H,1,11H3;3-4H2,1-2H3. The first-order valence-corrected chi connectivity index (χ1v) is 6.30. The van der Waals surface area contributed by atoms with Gasteiger partial charge in [-0.3, -0.25) is 0 Å². The Morgan fingerprint density at radius 2 is 1.67 bits per heavy atom. The van der Waals surface area contributed by atoms with Gasteiger partial charge in [0.05, 0.1) is 0 Å². The summed E-state index contributed by atoms with van der Waals surface area (Å²) < 4.78 is 10.4. The van der Waals surface area contributed by atoms with E-state index in [4.69, 9.17) is 9.16 Å². The van der Waals surface area contributed by atoms with E-state index in [0.29, 0.717) is 10.5 Å². The zero-order valence-electron chi connectivity index (χ0n) is 10.2. The van der Waals surface area contributed by atoms with E-state index in [0.717, 1.165) is 5.75 Å². The molecule has 1 atom stereocenters. The highest BCUT2D eigenvalue weighted by atomic mass is 28.2. The van der Waals surface area contributed by atoms with Gasteiger partial charge in [-0.1, -0.05) is 44.9 Å². The molecule has 0 amide bonds. The predicted molar refractivity (Wildman–Crippen MR) is 68.1 cm³/mol. The molecule has 0 saturated heterocycles. The van der Waals surface area contributed by atoms with Crippen molar-refractivity contribution in [3.8, 4) is 5.75 Å². The third-order valence-corrected chi connectivity index (χ3v) is 2.54. The van der Waals surface area contributed by atoms with Crippen LogP contribution < -0.4 is 4.74 Å². The number of hydrogen-bond acceptors (Lipinski definition) is 2. The summed E-state index contributed by atoms with van der Waals surface area (Å²) >= 11 is 0. The van der Waals surface area contributed by atoms with Gasteiger partial charge in [-0.15, -0.1) is 0 Å². The Labute approximate surface area is 96.1 Å². The highest BCUT2D eigenvalue weighted by Gasteiger charge is 1.97. The van der Waals surface area contributed by atoms with E-state index in [1.54, 1.807) is 0 Å². The maximum atomic E-state index is 5.38. The second-order valence-electron chi connectivity index (χ2n) is 3.23. The van der Waals surface area contributed by atoms with Crippen LogP contribution in [0.15, 0.2) is 30.3 Å². The summed E-state index contributed by atoms with van der Waals surface area (Å²) in [7, 11) is 0.709. The molecule has 0 radical (unpaired) electrons. The number of benzene rings is 1. The van der Waals surface area contributed by atoms with Gasteiger partial charge in [0, 0.05) is 0 Å². The number of unbranched alkanes of at least 4 members (excludes halogenated alkanes) is 1. The summed E-state index contributed by atoms with van der Waals surface area (Å²) in [6.45, 7) is 6.25. The third kappa shape index (κ3) is 8.21. The molecule has 0 aliphatic rings. The van der Waals surface area contributed by atoms with Crippen molar-refractivity contribution < 1.29 is 9.16 Å². The molecule has 0 spiro atoms. The highest BCUT2D eigenvalue weighted by Crippen LogP contribution is 2.10. The van der Waals surface area contributed by atoms with E-state index >= 15 is 0 Å². The monoisotopic (exact) mass is 226 g/mol. The molecule has 0 aliphatic carbocycles. The SMILES string of the molecule is CC(O[SiH3])Oc1ccccc1.CCCC. The lowest BCUT2D eigenvalue weighted by Crippen LogP contribution is -2.14. The number of ether oxygens (including phenoxy) is 1. The number of para-hydroxylation sites is 1. The Balaban J connectivity index is 0.000000423. The zero-order chi connectivity index (χ0) is 11.5. The van der Waals surface area contributed by atoms with E-state index in [1.807, 2.05) is 37.3 Å². The van der Waals surface area contributed by atoms with Crippen LogP contribution in [0.4, 0.5) is 0 Å². The second-order valence-corrected chi connectivity index (χ2v) is 3.71. The minimum atomic E-state index is -0.121. The van der Waals surface area contributed by atoms with Crippen LogP contribution in [-0.2, 0) is 4.43 Å². The number of hydrogen-bond donors (Lipinski definition) is 0. The molecule has 0 N–H and O–H groups in total. The molecule has 3 heteroatoms. The molecule has 0 fully saturated rings. The summed E-state index contributed by atoms with van der Waals surface area (Å²) in [6, 6.07) is 9.66. The van der Waals surface area contributed by atoms with Gasteiger partial charge in [-0.25, -0.2) is 0 Å². The number of rotatable bonds is 4. The molecule has 86 valence electrons. The lowest BCUT2D eigenvalue weighted by Gasteiger charge is -2.12. The molecule has 1 aromatic carbocycles. The smallest absolute Gasteiger partial charge is 0.187 e. The molecule has 0 saturated carbocycles. The first-order chi connectivity index (χ1) is 7.24. The average molecular weight is 226 g/mol. The minimum Gasteiger partial charge on any atom is -0.466 e. The molecule has 1 aromatic rings. The molecule has 0 heterocycles. The summed E-state index contributed by atoms with van der Waals surface area (Å²) in [5.41, 5.74) is 0. The van der Waals surface area contributed by atoms with Crippen LogP contribution in [0, 0.1) is 0 Å². The van der Waals surface area contributed by atoms with Gasteiger partial charge in [-0.05, 0) is 19.1 Å². The van der Waals surface area contributed by atoms with Crippen molar-refractivity contribution in [1.82, 2.24) is 0 Å². The molecule has 1 unspecified atom stereocenters. The van der Waals surface area contributed by atoms with Gasteiger partial charge in [0.15, 0.2) is 16.8 Å². The first-order valence-electron chi connectivity index (χ1n) is 5.49. The Kier molecular flexibility index (Phi) is 9.22. The Morgan fingerprint density at radius 3 is 2.07 bits per heavy atom. The van der Waals surface area contributed by atoms with Crippen molar-refractivity contribution in [1.29, 1.82) is 0 Å². The van der Waals surface area contributed by atoms with Crippen LogP contribution in [-0.4, -0.2) is 16.8 Å². The van der Waals surface area contributed by atoms with E-state index in [2.05, 4.69) is 13.8 Å².